The van der Waals surface area contributed by atoms with E-state index in [1.807, 2.05) is 29.2 Å². The normalized spacial score (nSPS) is 19.4. The summed E-state index contributed by atoms with van der Waals surface area (Å²) in [6, 6.07) is 13.0. The van der Waals surface area contributed by atoms with Crippen LogP contribution in [-0.2, 0) is 0 Å². The lowest BCUT2D eigenvalue weighted by Gasteiger charge is -2.37. The maximum absolute atomic E-state index is 12.9. The Morgan fingerprint density at radius 1 is 1.25 bits per heavy atom. The Hall–Kier alpha value is -2.51. The molecular weight excluding hydrogens is 372 g/mol. The molecule has 0 spiro atoms. The number of carbonyl (C=O) groups excluding carboxylic acids is 1. The van der Waals surface area contributed by atoms with Gasteiger partial charge in [0.1, 0.15) is 11.9 Å². The summed E-state index contributed by atoms with van der Waals surface area (Å²) in [5.41, 5.74) is 2.35. The van der Waals surface area contributed by atoms with E-state index in [1.165, 1.54) is 5.56 Å². The predicted octanol–water partition coefficient (Wildman–Crippen LogP) is 5.94. The third kappa shape index (κ3) is 4.48. The summed E-state index contributed by atoms with van der Waals surface area (Å²) in [5.74, 6) is 1.44. The lowest BCUT2D eigenvalue weighted by molar-refractivity contribution is 0.0358. The Morgan fingerprint density at radius 3 is 2.57 bits per heavy atom. The number of piperidine rings is 1. The minimum absolute atomic E-state index is 0.0391. The first-order chi connectivity index (χ1) is 13.4. The van der Waals surface area contributed by atoms with Crippen LogP contribution < -0.4 is 4.74 Å². The van der Waals surface area contributed by atoms with Crippen LogP contribution in [-0.4, -0.2) is 30.0 Å². The van der Waals surface area contributed by atoms with E-state index in [-0.39, 0.29) is 12.0 Å². The molecule has 0 aromatic heterocycles. The molecule has 0 N–H and O–H groups in total. The molecule has 2 aromatic rings. The van der Waals surface area contributed by atoms with E-state index < -0.39 is 0 Å². The first-order valence-corrected chi connectivity index (χ1v) is 9.99. The molecule has 0 saturated carbocycles. The molecule has 1 fully saturated rings. The minimum Gasteiger partial charge on any atom is -0.488 e. The van der Waals surface area contributed by atoms with Gasteiger partial charge in [0.05, 0.1) is 18.1 Å². The van der Waals surface area contributed by atoms with Gasteiger partial charge in [-0.05, 0) is 48.1 Å². The highest BCUT2D eigenvalue weighted by Gasteiger charge is 2.31. The monoisotopic (exact) mass is 396 g/mol. The minimum atomic E-state index is -0.109. The topological polar surface area (TPSA) is 33.9 Å². The molecule has 28 heavy (non-hydrogen) atoms. The third-order valence-electron chi connectivity index (χ3n) is 5.33. The number of likely N-dealkylation sites (tertiary alicyclic amines) is 1. The van der Waals surface area contributed by atoms with Crippen LogP contribution in [0.2, 0.25) is 5.02 Å². The summed E-state index contributed by atoms with van der Waals surface area (Å²) >= 11 is 6.12. The molecule has 1 heterocycles. The Balaban J connectivity index is 1.70. The van der Waals surface area contributed by atoms with Crippen molar-refractivity contribution in [1.82, 2.24) is 4.90 Å². The summed E-state index contributed by atoms with van der Waals surface area (Å²) in [7, 11) is 0. The molecule has 3 rings (SSSR count). The van der Waals surface area contributed by atoms with Gasteiger partial charge >= 0.3 is 0 Å². The lowest BCUT2D eigenvalue weighted by Crippen LogP contribution is -2.48. The SMILES string of the molecule is [C-]#[N+]c1ccc(O[C@@H]2CN(C(=O)c3ccc(C(C)C)cc3)CC[C@H]2C)cc1Cl. The van der Waals surface area contributed by atoms with Crippen LogP contribution in [0.3, 0.4) is 0 Å². The van der Waals surface area contributed by atoms with Gasteiger partial charge in [-0.15, -0.1) is 0 Å². The molecule has 2 atom stereocenters. The number of benzene rings is 2. The van der Waals surface area contributed by atoms with E-state index in [1.54, 1.807) is 18.2 Å². The summed E-state index contributed by atoms with van der Waals surface area (Å²) in [4.78, 5) is 18.2. The number of hydrogen-bond acceptors (Lipinski definition) is 2. The van der Waals surface area contributed by atoms with Crippen molar-refractivity contribution in [2.45, 2.75) is 39.2 Å². The van der Waals surface area contributed by atoms with E-state index in [9.17, 15) is 4.79 Å². The number of ether oxygens (including phenoxy) is 1. The van der Waals surface area contributed by atoms with E-state index in [2.05, 4.69) is 25.6 Å². The molecule has 0 radical (unpaired) electrons. The van der Waals surface area contributed by atoms with Gasteiger partial charge < -0.3 is 9.64 Å². The standard InChI is InChI=1S/C23H25ClN2O2/c1-15(2)17-5-7-18(8-6-17)23(27)26-12-11-16(3)22(14-26)28-19-9-10-21(25-4)20(24)13-19/h5-10,13,15-16,22H,11-12,14H2,1-3H3/t16-,22-/m1/s1. The van der Waals surface area contributed by atoms with Gasteiger partial charge in [0.15, 0.2) is 0 Å². The van der Waals surface area contributed by atoms with Crippen LogP contribution in [0.15, 0.2) is 42.5 Å². The molecule has 4 nitrogen and oxygen atoms in total. The molecule has 146 valence electrons. The van der Waals surface area contributed by atoms with E-state index in [0.29, 0.717) is 40.4 Å². The molecule has 2 aromatic carbocycles. The number of hydrogen-bond donors (Lipinski definition) is 0. The van der Waals surface area contributed by atoms with Gasteiger partial charge in [-0.3, -0.25) is 4.79 Å². The van der Waals surface area contributed by atoms with Gasteiger partial charge in [-0.2, -0.15) is 0 Å². The summed E-state index contributed by atoms with van der Waals surface area (Å²) in [6.45, 7) is 14.8. The zero-order chi connectivity index (χ0) is 20.3. The largest absolute Gasteiger partial charge is 0.488 e. The quantitative estimate of drug-likeness (QED) is 0.599. The zero-order valence-corrected chi connectivity index (χ0v) is 17.2. The maximum Gasteiger partial charge on any atom is 0.253 e. The molecule has 0 unspecified atom stereocenters. The molecule has 5 heteroatoms. The highest BCUT2D eigenvalue weighted by molar-refractivity contribution is 6.33. The smallest absolute Gasteiger partial charge is 0.253 e. The van der Waals surface area contributed by atoms with Crippen molar-refractivity contribution in [3.05, 3.63) is 70.0 Å². The highest BCUT2D eigenvalue weighted by atomic mass is 35.5. The van der Waals surface area contributed by atoms with Crippen molar-refractivity contribution in [2.24, 2.45) is 5.92 Å². The molecule has 0 aliphatic carbocycles. The molecule has 1 aliphatic rings. The second kappa shape index (κ2) is 8.67. The first kappa shape index (κ1) is 20.2. The lowest BCUT2D eigenvalue weighted by atomic mass is 9.95. The van der Waals surface area contributed by atoms with Crippen LogP contribution in [0.5, 0.6) is 5.75 Å². The summed E-state index contributed by atoms with van der Waals surface area (Å²) < 4.78 is 6.13. The van der Waals surface area contributed by atoms with Gasteiger partial charge in [-0.1, -0.05) is 50.6 Å². The number of rotatable bonds is 4. The molecular formula is C23H25ClN2O2. The van der Waals surface area contributed by atoms with Crippen molar-refractivity contribution in [1.29, 1.82) is 0 Å². The van der Waals surface area contributed by atoms with Crippen molar-refractivity contribution >= 4 is 23.2 Å². The van der Waals surface area contributed by atoms with E-state index >= 15 is 0 Å². The fourth-order valence-electron chi connectivity index (χ4n) is 3.39. The van der Waals surface area contributed by atoms with Crippen LogP contribution >= 0.6 is 11.6 Å². The fourth-order valence-corrected chi connectivity index (χ4v) is 3.60. The Morgan fingerprint density at radius 2 is 1.96 bits per heavy atom. The second-order valence-corrected chi connectivity index (χ2v) is 8.08. The van der Waals surface area contributed by atoms with Crippen molar-refractivity contribution < 1.29 is 9.53 Å². The number of nitrogens with zero attached hydrogens (tertiary/aromatic N) is 2. The van der Waals surface area contributed by atoms with Crippen molar-refractivity contribution in [2.75, 3.05) is 13.1 Å². The molecule has 1 amide bonds. The fraction of sp³-hybridized carbons (Fsp3) is 0.391. The summed E-state index contributed by atoms with van der Waals surface area (Å²) in [6.07, 6.45) is 0.774. The van der Waals surface area contributed by atoms with Crippen LogP contribution in [0, 0.1) is 12.5 Å². The average Bonchev–Trinajstić information content (AvgIpc) is 2.69. The van der Waals surface area contributed by atoms with Gasteiger partial charge in [0.25, 0.3) is 5.91 Å². The van der Waals surface area contributed by atoms with Crippen molar-refractivity contribution in [3.8, 4) is 5.75 Å². The van der Waals surface area contributed by atoms with E-state index in [0.717, 1.165) is 13.0 Å². The van der Waals surface area contributed by atoms with Gasteiger partial charge in [0, 0.05) is 12.1 Å². The number of amides is 1. The molecule has 0 bridgehead atoms. The van der Waals surface area contributed by atoms with Crippen LogP contribution in [0.1, 0.15) is 49.0 Å². The highest BCUT2D eigenvalue weighted by Crippen LogP contribution is 2.31. The van der Waals surface area contributed by atoms with Gasteiger partial charge in [-0.25, -0.2) is 4.85 Å². The Labute approximate surface area is 171 Å². The second-order valence-electron chi connectivity index (χ2n) is 7.68. The molecule has 1 aliphatic heterocycles. The predicted molar refractivity (Wildman–Crippen MR) is 112 cm³/mol. The number of halogens is 1. The number of carbonyl (C=O) groups is 1. The zero-order valence-electron chi connectivity index (χ0n) is 16.5. The van der Waals surface area contributed by atoms with Crippen LogP contribution in [0.25, 0.3) is 4.85 Å². The molecule has 1 saturated heterocycles. The summed E-state index contributed by atoms with van der Waals surface area (Å²) in [5, 5.41) is 0.383. The average molecular weight is 397 g/mol. The van der Waals surface area contributed by atoms with Crippen LogP contribution in [0.4, 0.5) is 5.69 Å². The first-order valence-electron chi connectivity index (χ1n) is 9.62. The van der Waals surface area contributed by atoms with E-state index in [4.69, 9.17) is 22.9 Å². The Bertz CT molecular complexity index is 886. The Kier molecular flexibility index (Phi) is 6.26. The van der Waals surface area contributed by atoms with Gasteiger partial charge in [0.2, 0.25) is 5.69 Å². The third-order valence-corrected chi connectivity index (χ3v) is 5.63. The van der Waals surface area contributed by atoms with Crippen molar-refractivity contribution in [3.63, 3.8) is 0 Å². The maximum atomic E-state index is 12.9.